The first-order chi connectivity index (χ1) is 16.2. The molecule has 0 spiro atoms. The second-order valence-electron chi connectivity index (χ2n) is 10.2. The molecule has 2 aromatic heterocycles. The third-order valence-corrected chi connectivity index (χ3v) is 7.59. The van der Waals surface area contributed by atoms with Crippen LogP contribution < -0.4 is 0 Å². The molecule has 2 unspecified atom stereocenters. The lowest BCUT2D eigenvalue weighted by Crippen LogP contribution is -2.20. The van der Waals surface area contributed by atoms with Crippen LogP contribution in [0.2, 0.25) is 0 Å². The number of rotatable bonds is 8. The van der Waals surface area contributed by atoms with E-state index in [0.717, 1.165) is 44.7 Å². The zero-order chi connectivity index (χ0) is 22.7. The molecule has 7 heteroatoms. The number of carbonyl (C=O) groups excluding carboxylic acids is 1. The smallest absolute Gasteiger partial charge is 0.434 e. The predicted octanol–water partition coefficient (Wildman–Crippen LogP) is 5.72. The van der Waals surface area contributed by atoms with Gasteiger partial charge in [0.25, 0.3) is 0 Å². The predicted molar refractivity (Wildman–Crippen MR) is 127 cm³/mol. The van der Waals surface area contributed by atoms with E-state index in [4.69, 9.17) is 9.47 Å². The van der Waals surface area contributed by atoms with Gasteiger partial charge in [-0.2, -0.15) is 0 Å². The molecule has 2 aromatic rings. The second kappa shape index (κ2) is 12.8. The summed E-state index contributed by atoms with van der Waals surface area (Å²) in [5.74, 6) is 2.34. The summed E-state index contributed by atoms with van der Waals surface area (Å²) in [5, 5.41) is 0. The summed E-state index contributed by atoms with van der Waals surface area (Å²) in [6.45, 7) is 3.11. The second-order valence-corrected chi connectivity index (χ2v) is 10.2. The highest BCUT2D eigenvalue weighted by atomic mass is 16.7. The maximum Gasteiger partial charge on any atom is 0.508 e. The van der Waals surface area contributed by atoms with Crippen molar-refractivity contribution in [2.24, 2.45) is 23.7 Å². The Morgan fingerprint density at radius 3 is 1.58 bits per heavy atom. The van der Waals surface area contributed by atoms with Gasteiger partial charge in [-0.3, -0.25) is 0 Å². The van der Waals surface area contributed by atoms with Crippen molar-refractivity contribution in [3.63, 3.8) is 0 Å². The Balaban J connectivity index is 1.08. The fourth-order valence-corrected chi connectivity index (χ4v) is 5.63. The number of carbonyl (C=O) groups is 1. The zero-order valence-electron chi connectivity index (χ0n) is 19.9. The zero-order valence-corrected chi connectivity index (χ0v) is 19.9. The standard InChI is InChI=1S/C26H40N4O3/c31-26(33-19-25-9-3-6-23(10-11-25)17-30-15-13-28-21-30)32-18-24-7-1-4-22(5-2-8-24)16-29-14-12-27-20-29/h12-15,20-25H,1-11,16-19H2. The highest BCUT2D eigenvalue weighted by Crippen LogP contribution is 2.29. The summed E-state index contributed by atoms with van der Waals surface area (Å²) < 4.78 is 15.4. The number of aromatic nitrogens is 4. The summed E-state index contributed by atoms with van der Waals surface area (Å²) in [6, 6.07) is 0. The van der Waals surface area contributed by atoms with Crippen molar-refractivity contribution in [2.45, 2.75) is 83.7 Å². The van der Waals surface area contributed by atoms with E-state index in [-0.39, 0.29) is 0 Å². The molecule has 0 radical (unpaired) electrons. The Labute approximate surface area is 197 Å². The van der Waals surface area contributed by atoms with Gasteiger partial charge in [-0.05, 0) is 75.0 Å². The van der Waals surface area contributed by atoms with Crippen molar-refractivity contribution in [1.29, 1.82) is 0 Å². The molecular weight excluding hydrogens is 416 g/mol. The molecule has 0 N–H and O–H groups in total. The largest absolute Gasteiger partial charge is 0.508 e. The van der Waals surface area contributed by atoms with Crippen molar-refractivity contribution in [3.05, 3.63) is 37.4 Å². The minimum absolute atomic E-state index is 0.458. The van der Waals surface area contributed by atoms with Crippen LogP contribution in [0.4, 0.5) is 4.79 Å². The van der Waals surface area contributed by atoms with Crippen molar-refractivity contribution in [2.75, 3.05) is 13.2 Å². The molecule has 2 aliphatic carbocycles. The fraction of sp³-hybridized carbons (Fsp3) is 0.731. The molecule has 182 valence electrons. The van der Waals surface area contributed by atoms with Gasteiger partial charge in [-0.15, -0.1) is 0 Å². The molecule has 7 nitrogen and oxygen atoms in total. The number of nitrogens with zero attached hydrogens (tertiary/aromatic N) is 4. The first-order valence-corrected chi connectivity index (χ1v) is 13.0. The van der Waals surface area contributed by atoms with E-state index in [1.54, 1.807) is 0 Å². The topological polar surface area (TPSA) is 71.2 Å². The Morgan fingerprint density at radius 1 is 0.667 bits per heavy atom. The summed E-state index contributed by atoms with van der Waals surface area (Å²) in [5.41, 5.74) is 0. The minimum Gasteiger partial charge on any atom is -0.434 e. The summed E-state index contributed by atoms with van der Waals surface area (Å²) in [4.78, 5) is 20.5. The lowest BCUT2D eigenvalue weighted by Gasteiger charge is -2.24. The van der Waals surface area contributed by atoms with E-state index in [0.29, 0.717) is 31.0 Å². The SMILES string of the molecule is O=C(OCC1CCCC(Cn2ccnc2)CCC1)OCC1CCCC(Cn2ccnc2)CC1. The van der Waals surface area contributed by atoms with E-state index in [2.05, 4.69) is 25.3 Å². The van der Waals surface area contributed by atoms with Gasteiger partial charge in [-0.1, -0.05) is 19.3 Å². The van der Waals surface area contributed by atoms with Gasteiger partial charge in [0, 0.05) is 37.9 Å². The minimum atomic E-state index is -0.478. The highest BCUT2D eigenvalue weighted by Gasteiger charge is 2.22. The summed E-state index contributed by atoms with van der Waals surface area (Å²) in [6.07, 6.45) is 24.1. The quantitative estimate of drug-likeness (QED) is 0.375. The monoisotopic (exact) mass is 456 g/mol. The molecule has 2 fully saturated rings. The Morgan fingerprint density at radius 2 is 1.09 bits per heavy atom. The molecule has 4 rings (SSSR count). The first kappa shape index (κ1) is 23.8. The molecule has 2 saturated carbocycles. The van der Waals surface area contributed by atoms with E-state index < -0.39 is 6.16 Å². The van der Waals surface area contributed by atoms with Crippen LogP contribution in [0.25, 0.3) is 0 Å². The van der Waals surface area contributed by atoms with E-state index >= 15 is 0 Å². The van der Waals surface area contributed by atoms with E-state index in [1.807, 2.05) is 31.2 Å². The highest BCUT2D eigenvalue weighted by molar-refractivity contribution is 5.59. The molecular formula is C26H40N4O3. The van der Waals surface area contributed by atoms with Crippen molar-refractivity contribution >= 4 is 6.16 Å². The lowest BCUT2D eigenvalue weighted by atomic mass is 9.86. The van der Waals surface area contributed by atoms with E-state index in [9.17, 15) is 4.79 Å². The molecule has 2 heterocycles. The lowest BCUT2D eigenvalue weighted by molar-refractivity contribution is 0.0297. The molecule has 0 bridgehead atoms. The number of ether oxygens (including phenoxy) is 2. The number of hydrogen-bond acceptors (Lipinski definition) is 5. The Bertz CT molecular complexity index is 783. The van der Waals surface area contributed by atoms with Gasteiger partial charge < -0.3 is 18.6 Å². The fourth-order valence-electron chi connectivity index (χ4n) is 5.63. The first-order valence-electron chi connectivity index (χ1n) is 13.0. The summed E-state index contributed by atoms with van der Waals surface area (Å²) >= 11 is 0. The van der Waals surface area contributed by atoms with Gasteiger partial charge in [0.05, 0.1) is 25.9 Å². The molecule has 0 aromatic carbocycles. The average molecular weight is 457 g/mol. The van der Waals surface area contributed by atoms with Crippen LogP contribution in [0.15, 0.2) is 37.4 Å². The normalized spacial score (nSPS) is 26.7. The van der Waals surface area contributed by atoms with Gasteiger partial charge in [-0.25, -0.2) is 14.8 Å². The molecule has 0 amide bonds. The molecule has 0 aliphatic heterocycles. The molecule has 0 saturated heterocycles. The Kier molecular flexibility index (Phi) is 9.25. The van der Waals surface area contributed by atoms with Crippen LogP contribution in [-0.4, -0.2) is 38.5 Å². The van der Waals surface area contributed by atoms with Crippen LogP contribution in [0.5, 0.6) is 0 Å². The average Bonchev–Trinajstić information content (AvgIpc) is 3.45. The van der Waals surface area contributed by atoms with Crippen LogP contribution in [-0.2, 0) is 22.6 Å². The number of imidazole rings is 2. The maximum atomic E-state index is 12.2. The van der Waals surface area contributed by atoms with Gasteiger partial charge >= 0.3 is 6.16 Å². The van der Waals surface area contributed by atoms with Gasteiger partial charge in [0.15, 0.2) is 0 Å². The number of hydrogen-bond donors (Lipinski definition) is 0. The van der Waals surface area contributed by atoms with Crippen LogP contribution in [0, 0.1) is 23.7 Å². The van der Waals surface area contributed by atoms with Crippen LogP contribution in [0.3, 0.4) is 0 Å². The Hall–Kier alpha value is -2.31. The van der Waals surface area contributed by atoms with Crippen molar-refractivity contribution < 1.29 is 14.3 Å². The van der Waals surface area contributed by atoms with Crippen LogP contribution >= 0.6 is 0 Å². The van der Waals surface area contributed by atoms with Crippen molar-refractivity contribution in [1.82, 2.24) is 19.1 Å². The van der Waals surface area contributed by atoms with Gasteiger partial charge in [0.1, 0.15) is 0 Å². The molecule has 2 atom stereocenters. The molecule has 2 aliphatic rings. The van der Waals surface area contributed by atoms with Crippen LogP contribution in [0.1, 0.15) is 70.6 Å². The maximum absolute atomic E-state index is 12.2. The molecule has 33 heavy (non-hydrogen) atoms. The van der Waals surface area contributed by atoms with E-state index in [1.165, 1.54) is 44.9 Å². The third kappa shape index (κ3) is 8.20. The van der Waals surface area contributed by atoms with Gasteiger partial charge in [0.2, 0.25) is 0 Å². The summed E-state index contributed by atoms with van der Waals surface area (Å²) in [7, 11) is 0. The third-order valence-electron chi connectivity index (χ3n) is 7.59. The van der Waals surface area contributed by atoms with Crippen molar-refractivity contribution in [3.8, 4) is 0 Å².